The Bertz CT molecular complexity index is 1190. The van der Waals surface area contributed by atoms with E-state index in [9.17, 15) is 0 Å². The molecule has 4 aromatic rings. The van der Waals surface area contributed by atoms with Crippen molar-refractivity contribution in [3.05, 3.63) is 55.1 Å². The Hall–Kier alpha value is -2.70. The van der Waals surface area contributed by atoms with Crippen LogP contribution in [0.15, 0.2) is 49.6 Å². The van der Waals surface area contributed by atoms with Crippen molar-refractivity contribution in [3.8, 4) is 10.4 Å². The quantitative estimate of drug-likeness (QED) is 0.546. The van der Waals surface area contributed by atoms with Gasteiger partial charge in [-0.1, -0.05) is 6.58 Å². The lowest BCUT2D eigenvalue weighted by atomic mass is 10.1. The van der Waals surface area contributed by atoms with E-state index in [1.54, 1.807) is 11.3 Å². The summed E-state index contributed by atoms with van der Waals surface area (Å²) < 4.78 is 1.21. The lowest BCUT2D eigenvalue weighted by Gasteiger charge is -2.41. The number of hydrogen-bond donors (Lipinski definition) is 1. The number of H-pyrrole nitrogens is 1. The van der Waals surface area contributed by atoms with Gasteiger partial charge >= 0.3 is 0 Å². The zero-order chi connectivity index (χ0) is 19.5. The minimum absolute atomic E-state index is 0.650. The average Bonchev–Trinajstić information content (AvgIpc) is 3.39. The Labute approximate surface area is 173 Å². The number of fused-ring (bicyclic) bond motifs is 4. The topological polar surface area (TPSA) is 48.1 Å². The number of piperazine rings is 1. The van der Waals surface area contributed by atoms with Gasteiger partial charge in [0.2, 0.25) is 0 Å². The third kappa shape index (κ3) is 2.70. The fraction of sp³-hybridized carbons (Fsp3) is 0.304. The molecule has 2 bridgehead atoms. The maximum Gasteiger partial charge on any atom is 0.137 e. The second-order valence-electron chi connectivity index (χ2n) is 8.25. The molecule has 0 saturated carbocycles. The summed E-state index contributed by atoms with van der Waals surface area (Å²) in [5.74, 6) is 0. The van der Waals surface area contributed by atoms with Crippen LogP contribution in [0.2, 0.25) is 0 Å². The van der Waals surface area contributed by atoms with E-state index in [0.717, 1.165) is 35.4 Å². The molecule has 6 heterocycles. The van der Waals surface area contributed by atoms with Gasteiger partial charge in [-0.3, -0.25) is 9.88 Å². The highest BCUT2D eigenvalue weighted by Crippen LogP contribution is 2.38. The van der Waals surface area contributed by atoms with Crippen LogP contribution < -0.4 is 0 Å². The second-order valence-corrected chi connectivity index (χ2v) is 9.33. The Balaban J connectivity index is 1.37. The largest absolute Gasteiger partial charge is 0.368 e. The van der Waals surface area contributed by atoms with Crippen LogP contribution >= 0.6 is 11.3 Å². The molecule has 2 atom stereocenters. The van der Waals surface area contributed by atoms with Crippen molar-refractivity contribution in [1.82, 2.24) is 24.8 Å². The van der Waals surface area contributed by atoms with E-state index in [1.807, 2.05) is 18.6 Å². The summed E-state index contributed by atoms with van der Waals surface area (Å²) in [5.41, 5.74) is 4.33. The Kier molecular flexibility index (Phi) is 3.79. The molecule has 2 aliphatic heterocycles. The van der Waals surface area contributed by atoms with Gasteiger partial charge in [-0.2, -0.15) is 0 Å². The standard InChI is InChI=1S/C23H23N5S/c1-14(28-12-17-3-4-18(13-28)27(17)2)16-7-19-20(10-26-23(19)25-9-16)21-8-15-5-6-24-11-22(15)29-21/h5-11,17-18H,1,3-4,12-13H2,2H3,(H,25,26). The zero-order valence-corrected chi connectivity index (χ0v) is 17.2. The first kappa shape index (κ1) is 17.2. The van der Waals surface area contributed by atoms with E-state index >= 15 is 0 Å². The van der Waals surface area contributed by atoms with Crippen molar-refractivity contribution in [2.45, 2.75) is 24.9 Å². The molecule has 2 aliphatic rings. The minimum Gasteiger partial charge on any atom is -0.368 e. The highest BCUT2D eigenvalue weighted by atomic mass is 32.1. The van der Waals surface area contributed by atoms with Crippen molar-refractivity contribution in [1.29, 1.82) is 0 Å². The Morgan fingerprint density at radius 2 is 2.03 bits per heavy atom. The molecule has 29 heavy (non-hydrogen) atoms. The van der Waals surface area contributed by atoms with E-state index in [-0.39, 0.29) is 0 Å². The fourth-order valence-electron chi connectivity index (χ4n) is 4.90. The van der Waals surface area contributed by atoms with Gasteiger partial charge in [0.1, 0.15) is 5.65 Å². The predicted molar refractivity (Wildman–Crippen MR) is 120 cm³/mol. The van der Waals surface area contributed by atoms with Gasteiger partial charge < -0.3 is 9.88 Å². The number of pyridine rings is 2. The first-order chi connectivity index (χ1) is 14.2. The average molecular weight is 402 g/mol. The van der Waals surface area contributed by atoms with Crippen LogP contribution in [-0.4, -0.2) is 57.0 Å². The van der Waals surface area contributed by atoms with Crippen LogP contribution in [0.3, 0.4) is 0 Å². The van der Waals surface area contributed by atoms with Crippen molar-refractivity contribution >= 4 is 38.2 Å². The number of likely N-dealkylation sites (N-methyl/N-ethyl adjacent to an activating group) is 1. The van der Waals surface area contributed by atoms with E-state index in [1.165, 1.54) is 33.4 Å². The Morgan fingerprint density at radius 3 is 2.83 bits per heavy atom. The van der Waals surface area contributed by atoms with E-state index < -0.39 is 0 Å². The molecule has 2 fully saturated rings. The summed E-state index contributed by atoms with van der Waals surface area (Å²) in [6, 6.07) is 7.86. The van der Waals surface area contributed by atoms with Gasteiger partial charge in [0.05, 0.1) is 4.70 Å². The van der Waals surface area contributed by atoms with Crippen molar-refractivity contribution < 1.29 is 0 Å². The first-order valence-electron chi connectivity index (χ1n) is 10.1. The van der Waals surface area contributed by atoms with Crippen molar-refractivity contribution in [3.63, 3.8) is 0 Å². The van der Waals surface area contributed by atoms with Gasteiger partial charge in [0.25, 0.3) is 0 Å². The molecule has 0 amide bonds. The highest BCUT2D eigenvalue weighted by Gasteiger charge is 2.37. The third-order valence-electron chi connectivity index (χ3n) is 6.68. The number of rotatable bonds is 3. The summed E-state index contributed by atoms with van der Waals surface area (Å²) in [6.45, 7) is 6.58. The number of hydrogen-bond acceptors (Lipinski definition) is 5. The molecule has 0 aromatic carbocycles. The SMILES string of the molecule is C=C(c1cnc2[nH]cc(-c3cc4ccncc4s3)c2c1)N1CC2CCC(C1)N2C. The first-order valence-corrected chi connectivity index (χ1v) is 11.0. The second kappa shape index (κ2) is 6.40. The number of aromatic amines is 1. The Morgan fingerprint density at radius 1 is 1.21 bits per heavy atom. The molecule has 2 unspecified atom stereocenters. The van der Waals surface area contributed by atoms with Crippen LogP contribution in [0.1, 0.15) is 18.4 Å². The molecule has 5 nitrogen and oxygen atoms in total. The predicted octanol–water partition coefficient (Wildman–Crippen LogP) is 4.59. The van der Waals surface area contributed by atoms with E-state index in [2.05, 4.69) is 57.8 Å². The molecule has 6 rings (SSSR count). The smallest absolute Gasteiger partial charge is 0.137 e. The van der Waals surface area contributed by atoms with Crippen molar-refractivity contribution in [2.75, 3.05) is 20.1 Å². The van der Waals surface area contributed by atoms with E-state index in [4.69, 9.17) is 4.98 Å². The number of thiophene rings is 1. The molecule has 146 valence electrons. The van der Waals surface area contributed by atoms with E-state index in [0.29, 0.717) is 12.1 Å². The molecule has 0 spiro atoms. The molecule has 0 aliphatic carbocycles. The number of nitrogens with one attached hydrogen (secondary N) is 1. The molecular formula is C23H23N5S. The molecule has 1 N–H and O–H groups in total. The monoisotopic (exact) mass is 401 g/mol. The molecular weight excluding hydrogens is 378 g/mol. The number of aromatic nitrogens is 3. The van der Waals surface area contributed by atoms with Gasteiger partial charge in [-0.05, 0) is 43.5 Å². The van der Waals surface area contributed by atoms with Crippen molar-refractivity contribution in [2.24, 2.45) is 0 Å². The third-order valence-corrected chi connectivity index (χ3v) is 7.80. The normalized spacial score (nSPS) is 22.0. The van der Waals surface area contributed by atoms with Gasteiger partial charge in [0.15, 0.2) is 0 Å². The lowest BCUT2D eigenvalue weighted by Crippen LogP contribution is -2.50. The van der Waals surface area contributed by atoms with Gasteiger partial charge in [-0.15, -0.1) is 11.3 Å². The fourth-order valence-corrected chi connectivity index (χ4v) is 5.96. The molecule has 0 radical (unpaired) electrons. The summed E-state index contributed by atoms with van der Waals surface area (Å²) in [7, 11) is 2.27. The highest BCUT2D eigenvalue weighted by molar-refractivity contribution is 7.22. The van der Waals surface area contributed by atoms with Gasteiger partial charge in [-0.25, -0.2) is 4.98 Å². The molecule has 6 heteroatoms. The summed E-state index contributed by atoms with van der Waals surface area (Å²) in [6.07, 6.45) is 10.4. The zero-order valence-electron chi connectivity index (χ0n) is 16.4. The lowest BCUT2D eigenvalue weighted by molar-refractivity contribution is 0.128. The van der Waals surface area contributed by atoms with Crippen LogP contribution in [0.5, 0.6) is 0 Å². The summed E-state index contributed by atoms with van der Waals surface area (Å²) >= 11 is 1.77. The van der Waals surface area contributed by atoms with Gasteiger partial charge in [0, 0.05) is 77.0 Å². The van der Waals surface area contributed by atoms with Crippen LogP contribution in [-0.2, 0) is 0 Å². The maximum absolute atomic E-state index is 4.70. The summed E-state index contributed by atoms with van der Waals surface area (Å²) in [5, 5.41) is 2.39. The maximum atomic E-state index is 4.70. The molecule has 2 saturated heterocycles. The summed E-state index contributed by atoms with van der Waals surface area (Å²) in [4.78, 5) is 18.5. The number of likely N-dealkylation sites (tertiary alicyclic amines) is 1. The van der Waals surface area contributed by atoms with Crippen LogP contribution in [0.4, 0.5) is 0 Å². The minimum atomic E-state index is 0.650. The molecule has 4 aromatic heterocycles. The van der Waals surface area contributed by atoms with Crippen LogP contribution in [0, 0.1) is 0 Å². The van der Waals surface area contributed by atoms with Crippen LogP contribution in [0.25, 0.3) is 37.3 Å². The number of nitrogens with zero attached hydrogens (tertiary/aromatic N) is 4.